The van der Waals surface area contributed by atoms with E-state index in [2.05, 4.69) is 10.6 Å². The van der Waals surface area contributed by atoms with Crippen LogP contribution in [0.3, 0.4) is 0 Å². The number of ether oxygens (including phenoxy) is 1. The number of carbonyl (C=O) groups is 4. The largest absolute Gasteiger partial charge is 0.366 e. The van der Waals surface area contributed by atoms with E-state index in [9.17, 15) is 24.3 Å². The lowest BCUT2D eigenvalue weighted by molar-refractivity contribution is -0.192. The maximum atomic E-state index is 12.0. The number of amides is 3. The molecular formula is C20H33N3O6. The molecule has 29 heavy (non-hydrogen) atoms. The van der Waals surface area contributed by atoms with Gasteiger partial charge in [0, 0.05) is 44.9 Å². The van der Waals surface area contributed by atoms with Crippen molar-refractivity contribution in [2.45, 2.75) is 46.3 Å². The number of allylic oxidation sites excluding steroid dienone is 1. The van der Waals surface area contributed by atoms with Crippen LogP contribution in [0.15, 0.2) is 24.4 Å². The van der Waals surface area contributed by atoms with Crippen LogP contribution >= 0.6 is 0 Å². The van der Waals surface area contributed by atoms with Crippen LogP contribution in [0.5, 0.6) is 0 Å². The van der Waals surface area contributed by atoms with Crippen LogP contribution < -0.4 is 10.6 Å². The third-order valence-electron chi connectivity index (χ3n) is 3.60. The van der Waals surface area contributed by atoms with Gasteiger partial charge in [0.2, 0.25) is 17.7 Å². The van der Waals surface area contributed by atoms with Crippen molar-refractivity contribution in [3.05, 3.63) is 24.4 Å². The zero-order valence-corrected chi connectivity index (χ0v) is 17.9. The summed E-state index contributed by atoms with van der Waals surface area (Å²) >= 11 is 0. The Hall–Kier alpha value is -2.52. The van der Waals surface area contributed by atoms with E-state index in [1.165, 1.54) is 37.1 Å². The lowest BCUT2D eigenvalue weighted by Gasteiger charge is -2.28. The van der Waals surface area contributed by atoms with Crippen LogP contribution in [0.1, 0.15) is 40.5 Å². The molecule has 0 unspecified atom stereocenters. The average Bonchev–Trinajstić information content (AvgIpc) is 2.60. The number of aliphatic hydroxyl groups is 1. The highest BCUT2D eigenvalue weighted by Gasteiger charge is 2.25. The van der Waals surface area contributed by atoms with Crippen molar-refractivity contribution in [1.29, 1.82) is 0 Å². The first-order valence-corrected chi connectivity index (χ1v) is 9.33. The summed E-state index contributed by atoms with van der Waals surface area (Å²) in [6.45, 7) is 7.70. The Morgan fingerprint density at radius 1 is 1.14 bits per heavy atom. The highest BCUT2D eigenvalue weighted by atomic mass is 16.6. The van der Waals surface area contributed by atoms with Gasteiger partial charge in [0.25, 0.3) is 0 Å². The Labute approximate surface area is 172 Å². The molecule has 0 saturated heterocycles. The van der Waals surface area contributed by atoms with Gasteiger partial charge in [0.15, 0.2) is 5.79 Å². The number of nitrogens with one attached hydrogen (secondary N) is 2. The van der Waals surface area contributed by atoms with Gasteiger partial charge in [-0.3, -0.25) is 19.2 Å². The summed E-state index contributed by atoms with van der Waals surface area (Å²) in [6, 6.07) is 0. The number of hydrogen-bond donors (Lipinski definition) is 3. The molecule has 0 aromatic carbocycles. The highest BCUT2D eigenvalue weighted by molar-refractivity contribution is 5.90. The van der Waals surface area contributed by atoms with E-state index >= 15 is 0 Å². The lowest BCUT2D eigenvalue weighted by atomic mass is 9.90. The van der Waals surface area contributed by atoms with Crippen molar-refractivity contribution >= 4 is 24.0 Å². The molecule has 0 aliphatic rings. The molecular weight excluding hydrogens is 378 g/mol. The first-order valence-electron chi connectivity index (χ1n) is 9.33. The van der Waals surface area contributed by atoms with Crippen LogP contribution in [0, 0.1) is 5.41 Å². The number of hydrogen-bond acceptors (Lipinski definition) is 6. The van der Waals surface area contributed by atoms with Crippen molar-refractivity contribution in [1.82, 2.24) is 15.5 Å². The molecule has 0 radical (unpaired) electrons. The molecule has 3 amide bonds. The minimum Gasteiger partial charge on any atom is -0.366 e. The molecule has 0 heterocycles. The number of likely N-dealkylation sites (N-methyl/N-ethyl adjacent to an activating group) is 1. The number of rotatable bonds is 13. The second-order valence-corrected chi connectivity index (χ2v) is 7.88. The molecule has 0 aromatic rings. The van der Waals surface area contributed by atoms with Gasteiger partial charge in [-0.05, 0) is 31.8 Å². The Morgan fingerprint density at radius 3 is 2.38 bits per heavy atom. The standard InChI is InChI=1S/C20H33N3O6/c1-19(2,15-29-20(3,4)28)14-17(26)22-11-9-16(25)21-10-7-12-23(5)18(27)8-6-13-24/h6,8-9,11,13,28H,7,10,12,14-15H2,1-5H3,(H,21,25)(H,22,26)/b8-6-,11-9-. The fraction of sp³-hybridized carbons (Fsp3) is 0.600. The molecule has 0 atom stereocenters. The van der Waals surface area contributed by atoms with Crippen LogP contribution in [-0.4, -0.2) is 66.5 Å². The summed E-state index contributed by atoms with van der Waals surface area (Å²) in [7, 11) is 1.60. The Kier molecular flexibility index (Phi) is 11.7. The molecule has 0 saturated carbocycles. The Balaban J connectivity index is 4.11. The summed E-state index contributed by atoms with van der Waals surface area (Å²) in [6.07, 6.45) is 6.01. The van der Waals surface area contributed by atoms with E-state index in [0.29, 0.717) is 25.8 Å². The number of nitrogens with zero attached hydrogens (tertiary/aromatic N) is 1. The van der Waals surface area contributed by atoms with E-state index in [4.69, 9.17) is 4.74 Å². The SMILES string of the molecule is CN(CCCNC(=O)/C=C\NC(=O)CC(C)(C)COC(C)(C)O)C(=O)/C=C\C=O. The molecule has 0 aromatic heterocycles. The maximum Gasteiger partial charge on any atom is 0.246 e. The zero-order chi connectivity index (χ0) is 22.5. The van der Waals surface area contributed by atoms with Crippen LogP contribution in [0.25, 0.3) is 0 Å². The van der Waals surface area contributed by atoms with Gasteiger partial charge in [-0.1, -0.05) is 13.8 Å². The zero-order valence-electron chi connectivity index (χ0n) is 17.9. The van der Waals surface area contributed by atoms with Crippen LogP contribution in [0.2, 0.25) is 0 Å². The van der Waals surface area contributed by atoms with Gasteiger partial charge in [-0.25, -0.2) is 0 Å². The molecule has 3 N–H and O–H groups in total. The van der Waals surface area contributed by atoms with Gasteiger partial charge in [0.1, 0.15) is 6.29 Å². The molecule has 0 fully saturated rings. The predicted molar refractivity (Wildman–Crippen MR) is 108 cm³/mol. The van der Waals surface area contributed by atoms with Gasteiger partial charge in [-0.15, -0.1) is 0 Å². The maximum absolute atomic E-state index is 12.0. The van der Waals surface area contributed by atoms with E-state index in [1.54, 1.807) is 7.05 Å². The summed E-state index contributed by atoms with van der Waals surface area (Å²) < 4.78 is 5.29. The second kappa shape index (κ2) is 12.8. The molecule has 0 bridgehead atoms. The second-order valence-electron chi connectivity index (χ2n) is 7.88. The topological polar surface area (TPSA) is 125 Å². The first kappa shape index (κ1) is 26.5. The molecule has 0 aliphatic heterocycles. The molecule has 9 nitrogen and oxygen atoms in total. The third kappa shape index (κ3) is 15.1. The van der Waals surface area contributed by atoms with Gasteiger partial charge >= 0.3 is 0 Å². The smallest absolute Gasteiger partial charge is 0.246 e. The van der Waals surface area contributed by atoms with Gasteiger partial charge in [0.05, 0.1) is 6.61 Å². The van der Waals surface area contributed by atoms with Crippen molar-refractivity contribution in [3.63, 3.8) is 0 Å². The van der Waals surface area contributed by atoms with Crippen molar-refractivity contribution in [2.75, 3.05) is 26.7 Å². The van der Waals surface area contributed by atoms with Crippen molar-refractivity contribution in [2.24, 2.45) is 5.41 Å². The molecule has 9 heteroatoms. The fourth-order valence-corrected chi connectivity index (χ4v) is 2.06. The highest BCUT2D eigenvalue weighted by Crippen LogP contribution is 2.22. The van der Waals surface area contributed by atoms with Gasteiger partial charge in [-0.2, -0.15) is 0 Å². The Morgan fingerprint density at radius 2 is 1.79 bits per heavy atom. The molecule has 0 aliphatic carbocycles. The minimum absolute atomic E-state index is 0.161. The summed E-state index contributed by atoms with van der Waals surface area (Å²) in [4.78, 5) is 46.8. The van der Waals surface area contributed by atoms with Crippen molar-refractivity contribution < 1.29 is 29.0 Å². The van der Waals surface area contributed by atoms with E-state index in [1.807, 2.05) is 13.8 Å². The Bertz CT molecular complexity index is 620. The number of carbonyl (C=O) groups excluding carboxylic acids is 4. The van der Waals surface area contributed by atoms with E-state index < -0.39 is 11.2 Å². The normalized spacial score (nSPS) is 12.2. The summed E-state index contributed by atoms with van der Waals surface area (Å²) in [5.74, 6) is -2.20. The summed E-state index contributed by atoms with van der Waals surface area (Å²) in [5.41, 5.74) is -0.482. The first-order chi connectivity index (χ1) is 13.4. The lowest BCUT2D eigenvalue weighted by Crippen LogP contribution is -2.34. The minimum atomic E-state index is -1.26. The molecule has 164 valence electrons. The van der Waals surface area contributed by atoms with Crippen LogP contribution in [0.4, 0.5) is 0 Å². The molecule has 0 rings (SSSR count). The van der Waals surface area contributed by atoms with Gasteiger partial charge < -0.3 is 25.4 Å². The average molecular weight is 411 g/mol. The third-order valence-corrected chi connectivity index (χ3v) is 3.60. The number of aldehydes is 1. The quantitative estimate of drug-likeness (QED) is 0.175. The van der Waals surface area contributed by atoms with Crippen molar-refractivity contribution in [3.8, 4) is 0 Å². The summed E-state index contributed by atoms with van der Waals surface area (Å²) in [5, 5.41) is 14.7. The predicted octanol–water partition coefficient (Wildman–Crippen LogP) is 0.497. The molecule has 0 spiro atoms. The monoisotopic (exact) mass is 411 g/mol. The fourth-order valence-electron chi connectivity index (χ4n) is 2.06. The van der Waals surface area contributed by atoms with E-state index in [-0.39, 0.29) is 30.7 Å². The van der Waals surface area contributed by atoms with Crippen LogP contribution in [-0.2, 0) is 23.9 Å². The van der Waals surface area contributed by atoms with E-state index in [0.717, 1.165) is 6.08 Å².